The van der Waals surface area contributed by atoms with Crippen LogP contribution in [0, 0.1) is 0 Å². The normalized spacial score (nSPS) is 24.1. The monoisotopic (exact) mass is 580 g/mol. The lowest BCUT2D eigenvalue weighted by atomic mass is 10.1. The molecule has 3 unspecified atom stereocenters. The highest BCUT2D eigenvalue weighted by atomic mass is 31.2. The molecule has 0 saturated carbocycles. The molecule has 212 valence electrons. The second-order valence-corrected chi connectivity index (χ2v) is 10.4. The molecule has 2 saturated heterocycles. The van der Waals surface area contributed by atoms with Gasteiger partial charge in [0.05, 0.1) is 12.9 Å². The third kappa shape index (κ3) is 6.19. The van der Waals surface area contributed by atoms with E-state index in [0.717, 1.165) is 5.56 Å². The average molecular weight is 580 g/mol. The largest absolute Gasteiger partial charge is 0.469 e. The molecule has 2 amide bonds. The summed E-state index contributed by atoms with van der Waals surface area (Å²) in [4.78, 5) is 43.9. The Hall–Kier alpha value is -4.01. The van der Waals surface area contributed by atoms with E-state index in [-0.39, 0.29) is 5.82 Å². The lowest BCUT2D eigenvalue weighted by Gasteiger charge is -2.20. The third-order valence-corrected chi connectivity index (χ3v) is 6.90. The summed E-state index contributed by atoms with van der Waals surface area (Å²) in [5, 5.41) is 5.40. The summed E-state index contributed by atoms with van der Waals surface area (Å²) in [7, 11) is -4.76. The summed E-state index contributed by atoms with van der Waals surface area (Å²) in [6.07, 6.45) is 2.45. The van der Waals surface area contributed by atoms with Crippen LogP contribution in [0.4, 0.5) is 16.3 Å². The van der Waals surface area contributed by atoms with Crippen LogP contribution in [0.15, 0.2) is 79.4 Å². The minimum atomic E-state index is -4.76. The van der Waals surface area contributed by atoms with Gasteiger partial charge in [-0.15, -0.1) is 0 Å². The molecule has 5 atom stereocenters. The first-order valence-electron chi connectivity index (χ1n) is 12.5. The highest BCUT2D eigenvalue weighted by Crippen LogP contribution is 2.43. The topological polar surface area (TPSA) is 179 Å². The Labute approximate surface area is 233 Å². The highest BCUT2D eigenvalue weighted by Gasteiger charge is 2.53. The summed E-state index contributed by atoms with van der Waals surface area (Å²) in [6, 6.07) is 18.0. The number of ether oxygens (including phenoxy) is 3. The van der Waals surface area contributed by atoms with E-state index in [0.29, 0.717) is 16.9 Å². The lowest BCUT2D eigenvalue weighted by Crippen LogP contribution is -2.31. The molecule has 2 fully saturated rings. The molecule has 2 aliphatic heterocycles. The number of nitrogens with one attached hydrogen (secondary N) is 2. The smallest absolute Gasteiger partial charge is 0.347 e. The van der Waals surface area contributed by atoms with Crippen LogP contribution < -0.4 is 10.6 Å². The van der Waals surface area contributed by atoms with Crippen LogP contribution >= 0.6 is 7.82 Å². The third-order valence-electron chi connectivity index (χ3n) is 6.42. The van der Waals surface area contributed by atoms with Gasteiger partial charge < -0.3 is 29.3 Å². The van der Waals surface area contributed by atoms with Gasteiger partial charge in [0.15, 0.2) is 29.5 Å². The van der Waals surface area contributed by atoms with Crippen molar-refractivity contribution in [2.24, 2.45) is 0 Å². The number of urea groups is 1. The minimum absolute atomic E-state index is 0.172. The second kappa shape index (κ2) is 11.5. The van der Waals surface area contributed by atoms with Crippen LogP contribution in [-0.4, -0.2) is 66.5 Å². The van der Waals surface area contributed by atoms with Crippen molar-refractivity contribution in [1.82, 2.24) is 19.5 Å². The van der Waals surface area contributed by atoms with E-state index >= 15 is 0 Å². The van der Waals surface area contributed by atoms with Crippen molar-refractivity contribution >= 4 is 42.6 Å². The Balaban J connectivity index is 1.24. The van der Waals surface area contributed by atoms with Gasteiger partial charge in [0, 0.05) is 5.69 Å². The SMILES string of the molecule is O=C(Nc1ccccc1)Nc1ncnc2c1ncn2[C@@H]1O[C@H](COP(=O)(O)O)C2OC(/C=C/c3ccccc3)OC21. The van der Waals surface area contributed by atoms with Gasteiger partial charge in [0.1, 0.15) is 24.6 Å². The van der Waals surface area contributed by atoms with Crippen molar-refractivity contribution < 1.29 is 37.9 Å². The fraction of sp³-hybridized carbons (Fsp3) is 0.231. The molecule has 0 aliphatic carbocycles. The number of amides is 2. The second-order valence-electron chi connectivity index (χ2n) is 9.18. The van der Waals surface area contributed by atoms with E-state index in [4.69, 9.17) is 18.7 Å². The van der Waals surface area contributed by atoms with Crippen LogP contribution in [0.3, 0.4) is 0 Å². The number of aromatic nitrogens is 4. The fourth-order valence-electron chi connectivity index (χ4n) is 4.65. The van der Waals surface area contributed by atoms with Crippen molar-refractivity contribution in [2.75, 3.05) is 17.2 Å². The van der Waals surface area contributed by atoms with Crippen LogP contribution in [0.1, 0.15) is 11.8 Å². The molecule has 4 heterocycles. The first-order chi connectivity index (χ1) is 19.8. The number of carbonyl (C=O) groups excluding carboxylic acids is 1. The summed E-state index contributed by atoms with van der Waals surface area (Å²) in [5.74, 6) is 0.172. The molecular weight excluding hydrogens is 555 g/mol. The van der Waals surface area contributed by atoms with Crippen molar-refractivity contribution in [2.45, 2.75) is 30.8 Å². The van der Waals surface area contributed by atoms with E-state index in [2.05, 4.69) is 25.6 Å². The van der Waals surface area contributed by atoms with Gasteiger partial charge in [0.25, 0.3) is 0 Å². The zero-order chi connectivity index (χ0) is 28.4. The predicted octanol–water partition coefficient (Wildman–Crippen LogP) is 3.30. The van der Waals surface area contributed by atoms with E-state index in [9.17, 15) is 19.1 Å². The molecule has 41 heavy (non-hydrogen) atoms. The maximum atomic E-state index is 12.6. The van der Waals surface area contributed by atoms with Crippen LogP contribution in [0.5, 0.6) is 0 Å². The summed E-state index contributed by atoms with van der Waals surface area (Å²) < 4.78 is 36.0. The fourth-order valence-corrected chi connectivity index (χ4v) is 4.99. The van der Waals surface area contributed by atoms with Gasteiger partial charge in [-0.05, 0) is 23.8 Å². The van der Waals surface area contributed by atoms with Gasteiger partial charge in [-0.1, -0.05) is 54.6 Å². The van der Waals surface area contributed by atoms with E-state index < -0.39 is 51.3 Å². The van der Waals surface area contributed by atoms with Crippen LogP contribution in [-0.2, 0) is 23.3 Å². The Morgan fingerprint density at radius 1 is 0.976 bits per heavy atom. The maximum Gasteiger partial charge on any atom is 0.469 e. The lowest BCUT2D eigenvalue weighted by molar-refractivity contribution is -0.132. The van der Waals surface area contributed by atoms with Gasteiger partial charge in [-0.3, -0.25) is 14.4 Å². The summed E-state index contributed by atoms with van der Waals surface area (Å²) in [5.41, 5.74) is 2.18. The number of hydrogen-bond donors (Lipinski definition) is 4. The molecular formula is C26H25N6O8P. The number of phosphoric acid groups is 1. The maximum absolute atomic E-state index is 12.6. The highest BCUT2D eigenvalue weighted by molar-refractivity contribution is 7.46. The molecule has 2 aliphatic rings. The minimum Gasteiger partial charge on any atom is -0.347 e. The number of carbonyl (C=O) groups is 1. The number of anilines is 2. The molecule has 2 aromatic heterocycles. The van der Waals surface area contributed by atoms with Crippen LogP contribution in [0.2, 0.25) is 0 Å². The molecule has 14 nitrogen and oxygen atoms in total. The number of imidazole rings is 1. The van der Waals surface area contributed by atoms with Crippen molar-refractivity contribution in [3.05, 3.63) is 85.0 Å². The number of phosphoric ester groups is 1. The number of nitrogens with zero attached hydrogens (tertiary/aromatic N) is 4. The Morgan fingerprint density at radius 3 is 2.46 bits per heavy atom. The molecule has 4 N–H and O–H groups in total. The number of benzene rings is 2. The molecule has 6 rings (SSSR count). The Morgan fingerprint density at radius 2 is 1.71 bits per heavy atom. The van der Waals surface area contributed by atoms with Crippen molar-refractivity contribution in [3.8, 4) is 0 Å². The number of fused-ring (bicyclic) bond motifs is 2. The summed E-state index contributed by atoms with van der Waals surface area (Å²) in [6.45, 7) is -0.436. The Kier molecular flexibility index (Phi) is 7.60. The van der Waals surface area contributed by atoms with Gasteiger partial charge in [0.2, 0.25) is 0 Å². The quantitative estimate of drug-likeness (QED) is 0.225. The van der Waals surface area contributed by atoms with Gasteiger partial charge in [-0.2, -0.15) is 0 Å². The van der Waals surface area contributed by atoms with Crippen LogP contribution in [0.25, 0.3) is 17.2 Å². The van der Waals surface area contributed by atoms with Gasteiger partial charge in [-0.25, -0.2) is 24.3 Å². The summed E-state index contributed by atoms with van der Waals surface area (Å²) >= 11 is 0. The first kappa shape index (κ1) is 27.2. The molecule has 15 heteroatoms. The molecule has 4 aromatic rings. The predicted molar refractivity (Wildman–Crippen MR) is 145 cm³/mol. The van der Waals surface area contributed by atoms with E-state index in [1.54, 1.807) is 34.9 Å². The molecule has 0 spiro atoms. The van der Waals surface area contributed by atoms with E-state index in [1.165, 1.54) is 12.7 Å². The molecule has 0 radical (unpaired) electrons. The average Bonchev–Trinajstić information content (AvgIpc) is 3.66. The molecule has 0 bridgehead atoms. The first-order valence-corrected chi connectivity index (χ1v) is 14.1. The molecule has 2 aromatic carbocycles. The zero-order valence-corrected chi connectivity index (χ0v) is 22.2. The van der Waals surface area contributed by atoms with Crippen molar-refractivity contribution in [3.63, 3.8) is 0 Å². The number of hydrogen-bond acceptors (Lipinski definition) is 9. The number of rotatable bonds is 8. The Bertz CT molecular complexity index is 1600. The van der Waals surface area contributed by atoms with Crippen molar-refractivity contribution in [1.29, 1.82) is 0 Å². The number of para-hydroxylation sites is 1. The van der Waals surface area contributed by atoms with Gasteiger partial charge >= 0.3 is 13.9 Å². The zero-order valence-electron chi connectivity index (χ0n) is 21.3. The standard InChI is InChI=1S/C26H25N6O8P/c33-26(30-17-9-5-2-6-10-17)31-23-20-24(28-14-27-23)32(15-29-20)25-22-21(18(38-25)13-37-41(34,35)36)39-19(40-22)12-11-16-7-3-1-4-8-16/h1-12,14-15,18-19,21-22,25H,13H2,(H2,34,35,36)(H2,27,28,30,31,33)/b12-11+/t18-,19?,21?,22?,25-/m1/s1. The van der Waals surface area contributed by atoms with E-state index in [1.807, 2.05) is 42.5 Å².